The van der Waals surface area contributed by atoms with Crippen LogP contribution in [-0.2, 0) is 24.9 Å². The van der Waals surface area contributed by atoms with Gasteiger partial charge < -0.3 is 23.3 Å². The molecule has 2 aromatic carbocycles. The molecule has 0 aliphatic carbocycles. The lowest BCUT2D eigenvalue weighted by molar-refractivity contribution is 0.0505. The van der Waals surface area contributed by atoms with Gasteiger partial charge in [0, 0.05) is 32.9 Å². The van der Waals surface area contributed by atoms with E-state index in [2.05, 4.69) is 4.98 Å². The number of hydrogen-bond donors (Lipinski definition) is 0. The number of carbonyl (C=O) groups is 2. The summed E-state index contributed by atoms with van der Waals surface area (Å²) in [7, 11) is 0.560. The highest BCUT2D eigenvalue weighted by molar-refractivity contribution is 7.53. The molecule has 4 rings (SSSR count). The van der Waals surface area contributed by atoms with E-state index in [0.717, 1.165) is 4.90 Å². The number of pyridine rings is 1. The van der Waals surface area contributed by atoms with Crippen molar-refractivity contribution in [2.24, 2.45) is 0 Å². The third-order valence-corrected chi connectivity index (χ3v) is 7.48. The van der Waals surface area contributed by atoms with Gasteiger partial charge in [0.1, 0.15) is 22.6 Å². The van der Waals surface area contributed by atoms with Crippen LogP contribution in [0.4, 0.5) is 4.39 Å². The molecule has 0 saturated carbocycles. The number of rotatable bonds is 11. The molecular formula is C24H24FN2O8P. The topological polar surface area (TPSA) is 113 Å². The number of aromatic nitrogens is 1. The van der Waals surface area contributed by atoms with E-state index in [1.54, 1.807) is 12.1 Å². The fourth-order valence-corrected chi connectivity index (χ4v) is 4.69. The summed E-state index contributed by atoms with van der Waals surface area (Å²) in [6.07, 6.45) is 1.42. The van der Waals surface area contributed by atoms with Crippen molar-refractivity contribution in [3.05, 3.63) is 65.1 Å². The van der Waals surface area contributed by atoms with E-state index in [9.17, 15) is 18.5 Å². The third-order valence-electron chi connectivity index (χ3n) is 5.63. The van der Waals surface area contributed by atoms with Crippen molar-refractivity contribution in [1.29, 1.82) is 0 Å². The van der Waals surface area contributed by atoms with Crippen LogP contribution in [0.5, 0.6) is 11.5 Å². The van der Waals surface area contributed by atoms with Crippen molar-refractivity contribution in [1.82, 2.24) is 9.88 Å². The molecule has 0 spiro atoms. The van der Waals surface area contributed by atoms with Gasteiger partial charge >= 0.3 is 7.60 Å². The Balaban J connectivity index is 1.81. The number of nitrogens with zero attached hydrogens (tertiary/aromatic N) is 2. The van der Waals surface area contributed by atoms with E-state index >= 15 is 0 Å². The van der Waals surface area contributed by atoms with Crippen LogP contribution < -0.4 is 9.47 Å². The predicted octanol–water partition coefficient (Wildman–Crippen LogP) is 4.02. The maximum atomic E-state index is 13.6. The van der Waals surface area contributed by atoms with E-state index in [4.69, 9.17) is 23.3 Å². The van der Waals surface area contributed by atoms with Gasteiger partial charge in [-0.15, -0.1) is 0 Å². The van der Waals surface area contributed by atoms with Crippen LogP contribution in [-0.4, -0.2) is 62.6 Å². The Morgan fingerprint density at radius 3 is 2.25 bits per heavy atom. The van der Waals surface area contributed by atoms with Crippen molar-refractivity contribution in [3.63, 3.8) is 0 Å². The molecule has 0 bridgehead atoms. The van der Waals surface area contributed by atoms with E-state index in [1.165, 1.54) is 51.8 Å². The summed E-state index contributed by atoms with van der Waals surface area (Å²) < 4.78 is 52.4. The molecule has 0 N–H and O–H groups in total. The minimum absolute atomic E-state index is 0.0154. The molecule has 0 atom stereocenters. The van der Waals surface area contributed by atoms with E-state index in [1.807, 2.05) is 0 Å². The largest absolute Gasteiger partial charge is 0.491 e. The molecule has 12 heteroatoms. The number of fused-ring (bicyclic) bond motifs is 2. The summed E-state index contributed by atoms with van der Waals surface area (Å²) in [4.78, 5) is 32.5. The van der Waals surface area contributed by atoms with Crippen molar-refractivity contribution in [2.75, 3.05) is 40.9 Å². The average Bonchev–Trinajstić information content (AvgIpc) is 3.14. The molecule has 0 saturated heterocycles. The van der Waals surface area contributed by atoms with Gasteiger partial charge in [0.15, 0.2) is 12.5 Å². The molecule has 36 heavy (non-hydrogen) atoms. The number of amides is 2. The van der Waals surface area contributed by atoms with E-state index in [-0.39, 0.29) is 54.2 Å². The molecule has 1 aliphatic rings. The van der Waals surface area contributed by atoms with Crippen LogP contribution in [0.25, 0.3) is 10.9 Å². The second-order valence-corrected chi connectivity index (χ2v) is 10.1. The molecule has 0 fully saturated rings. The minimum atomic E-state index is -3.39. The number of ether oxygens (including phenoxy) is 3. The highest BCUT2D eigenvalue weighted by atomic mass is 31.2. The second-order valence-electron chi connectivity index (χ2n) is 7.73. The SMILES string of the molecule is COCOc1c2c(c(OCCP(=O)(OC)OC)c3cccnc13)C(=O)N(Cc1ccc(F)cc1)C2=O. The van der Waals surface area contributed by atoms with Crippen LogP contribution in [0.15, 0.2) is 42.6 Å². The van der Waals surface area contributed by atoms with Crippen molar-refractivity contribution in [3.8, 4) is 11.5 Å². The summed E-state index contributed by atoms with van der Waals surface area (Å²) in [5.74, 6) is -1.51. The average molecular weight is 518 g/mol. The number of halogens is 1. The number of methoxy groups -OCH3 is 1. The third kappa shape index (κ3) is 4.83. The van der Waals surface area contributed by atoms with Gasteiger partial charge in [0.25, 0.3) is 11.8 Å². The number of hydrogen-bond acceptors (Lipinski definition) is 9. The minimum Gasteiger partial charge on any atom is -0.491 e. The quantitative estimate of drug-likeness (QED) is 0.211. The van der Waals surface area contributed by atoms with Gasteiger partial charge in [0.05, 0.1) is 24.9 Å². The van der Waals surface area contributed by atoms with Crippen LogP contribution in [0.2, 0.25) is 0 Å². The molecule has 0 radical (unpaired) electrons. The Morgan fingerprint density at radius 1 is 0.944 bits per heavy atom. The lowest BCUT2D eigenvalue weighted by atomic mass is 10.0. The van der Waals surface area contributed by atoms with Gasteiger partial charge in [-0.1, -0.05) is 12.1 Å². The number of imide groups is 1. The summed E-state index contributed by atoms with van der Waals surface area (Å²) in [6.45, 7) is -0.419. The molecule has 1 aromatic heterocycles. The van der Waals surface area contributed by atoms with Crippen LogP contribution in [0.1, 0.15) is 26.3 Å². The summed E-state index contributed by atoms with van der Waals surface area (Å²) in [5, 5.41) is 0.414. The Kier molecular flexibility index (Phi) is 7.65. The van der Waals surface area contributed by atoms with Crippen molar-refractivity contribution < 1.29 is 41.8 Å². The van der Waals surface area contributed by atoms with Crippen molar-refractivity contribution >= 4 is 30.3 Å². The highest BCUT2D eigenvalue weighted by Gasteiger charge is 2.43. The maximum absolute atomic E-state index is 13.6. The fourth-order valence-electron chi connectivity index (χ4n) is 3.86. The van der Waals surface area contributed by atoms with Gasteiger partial charge in [-0.05, 0) is 29.8 Å². The van der Waals surface area contributed by atoms with Gasteiger partial charge in [-0.25, -0.2) is 4.39 Å². The zero-order valence-corrected chi connectivity index (χ0v) is 20.7. The summed E-state index contributed by atoms with van der Waals surface area (Å²) in [6, 6.07) is 8.79. The molecular weight excluding hydrogens is 494 g/mol. The van der Waals surface area contributed by atoms with E-state index in [0.29, 0.717) is 10.9 Å². The van der Waals surface area contributed by atoms with Gasteiger partial charge in [0.2, 0.25) is 0 Å². The second kappa shape index (κ2) is 10.7. The monoisotopic (exact) mass is 518 g/mol. The molecule has 3 aromatic rings. The zero-order chi connectivity index (χ0) is 25.9. The first-order chi connectivity index (χ1) is 17.3. The summed E-state index contributed by atoms with van der Waals surface area (Å²) in [5.41, 5.74) is 0.798. The predicted molar refractivity (Wildman–Crippen MR) is 127 cm³/mol. The molecule has 10 nitrogen and oxygen atoms in total. The molecule has 190 valence electrons. The fraction of sp³-hybridized carbons (Fsp3) is 0.292. The Bertz CT molecular complexity index is 1340. The maximum Gasteiger partial charge on any atom is 0.333 e. The highest BCUT2D eigenvalue weighted by Crippen LogP contribution is 2.47. The zero-order valence-electron chi connectivity index (χ0n) is 19.9. The van der Waals surface area contributed by atoms with Crippen LogP contribution in [0.3, 0.4) is 0 Å². The Hall–Kier alpha value is -3.37. The first-order valence-electron chi connectivity index (χ1n) is 10.8. The van der Waals surface area contributed by atoms with Crippen LogP contribution >= 0.6 is 7.60 Å². The Labute approximate surface area is 206 Å². The van der Waals surface area contributed by atoms with Crippen molar-refractivity contribution in [2.45, 2.75) is 6.54 Å². The number of benzene rings is 2. The van der Waals surface area contributed by atoms with Crippen LogP contribution in [0, 0.1) is 5.82 Å². The molecule has 2 heterocycles. The lowest BCUT2D eigenvalue weighted by Crippen LogP contribution is -2.29. The molecule has 2 amide bonds. The number of carbonyl (C=O) groups excluding carboxylic acids is 2. The smallest absolute Gasteiger partial charge is 0.333 e. The Morgan fingerprint density at radius 2 is 1.61 bits per heavy atom. The normalized spacial score (nSPS) is 13.4. The molecule has 0 unspecified atom stereocenters. The van der Waals surface area contributed by atoms with Gasteiger partial charge in [-0.3, -0.25) is 24.0 Å². The standard InChI is InChI=1S/C24H24FN2O8P/c1-31-14-35-22-19-18(23(28)27(24(19)29)13-15-6-8-16(25)9-7-15)21(17-5-4-10-26-20(17)22)34-11-12-36(30,32-2)33-3/h4-10H,11-14H2,1-3H3. The summed E-state index contributed by atoms with van der Waals surface area (Å²) >= 11 is 0. The van der Waals surface area contributed by atoms with E-state index < -0.39 is 25.2 Å². The first kappa shape index (κ1) is 25.7. The lowest BCUT2D eigenvalue weighted by Gasteiger charge is -2.18. The molecule has 1 aliphatic heterocycles. The first-order valence-corrected chi connectivity index (χ1v) is 12.6. The van der Waals surface area contributed by atoms with Gasteiger partial charge in [-0.2, -0.15) is 0 Å².